The molecule has 1 aromatic carbocycles. The van der Waals surface area contributed by atoms with E-state index in [0.717, 1.165) is 16.7 Å². The Morgan fingerprint density at radius 1 is 1.19 bits per heavy atom. The summed E-state index contributed by atoms with van der Waals surface area (Å²) in [6.07, 6.45) is 2.02. The lowest BCUT2D eigenvalue weighted by Gasteiger charge is -2.24. The first-order valence-electron chi connectivity index (χ1n) is 6.56. The summed E-state index contributed by atoms with van der Waals surface area (Å²) < 4.78 is 7.72. The number of esters is 1. The standard InChI is InChI=1S/C16H21N2O2.HI/c1-18(2,3)12-15-9-6-10-17(15)14-8-5-7-13(11-14)16(19)20-4;/h5-11H,12H2,1-4H3;1H/q+1;/p-1. The summed E-state index contributed by atoms with van der Waals surface area (Å²) in [6.45, 7) is 0.912. The lowest BCUT2D eigenvalue weighted by atomic mass is 10.2. The van der Waals surface area contributed by atoms with Gasteiger partial charge < -0.3 is 37.8 Å². The van der Waals surface area contributed by atoms with Gasteiger partial charge in [0.05, 0.1) is 39.5 Å². The first kappa shape index (κ1) is 17.7. The van der Waals surface area contributed by atoms with Crippen molar-refractivity contribution in [3.63, 3.8) is 0 Å². The summed E-state index contributed by atoms with van der Waals surface area (Å²) in [5.41, 5.74) is 2.75. The minimum Gasteiger partial charge on any atom is -1.00 e. The second kappa shape index (κ2) is 7.09. The third kappa shape index (κ3) is 4.57. The van der Waals surface area contributed by atoms with Crippen LogP contribution in [0.5, 0.6) is 0 Å². The van der Waals surface area contributed by atoms with E-state index in [1.807, 2.05) is 30.5 Å². The number of halogens is 1. The van der Waals surface area contributed by atoms with Crippen LogP contribution in [0.2, 0.25) is 0 Å². The van der Waals surface area contributed by atoms with E-state index in [2.05, 4.69) is 31.8 Å². The van der Waals surface area contributed by atoms with Crippen LogP contribution in [0.15, 0.2) is 42.6 Å². The highest BCUT2D eigenvalue weighted by Crippen LogP contribution is 2.17. The zero-order valence-electron chi connectivity index (χ0n) is 12.8. The fourth-order valence-corrected chi connectivity index (χ4v) is 2.18. The molecule has 0 radical (unpaired) electrons. The van der Waals surface area contributed by atoms with Gasteiger partial charge in [-0.2, -0.15) is 0 Å². The number of quaternary nitrogens is 1. The normalized spacial score (nSPS) is 10.9. The molecule has 5 heteroatoms. The molecule has 2 aromatic rings. The third-order valence-electron chi connectivity index (χ3n) is 3.01. The van der Waals surface area contributed by atoms with Crippen LogP contribution in [0.3, 0.4) is 0 Å². The maximum absolute atomic E-state index is 11.6. The molecule has 0 N–H and O–H groups in total. The largest absolute Gasteiger partial charge is 1.00 e. The van der Waals surface area contributed by atoms with Gasteiger partial charge in [-0.3, -0.25) is 0 Å². The van der Waals surface area contributed by atoms with Gasteiger partial charge in [-0.25, -0.2) is 4.79 Å². The average molecular weight is 400 g/mol. The molecule has 0 unspecified atom stereocenters. The smallest absolute Gasteiger partial charge is 0.337 e. The number of aromatic nitrogens is 1. The summed E-state index contributed by atoms with van der Waals surface area (Å²) in [5.74, 6) is -0.313. The van der Waals surface area contributed by atoms with E-state index in [4.69, 9.17) is 4.74 Å². The van der Waals surface area contributed by atoms with Crippen LogP contribution in [0, 0.1) is 0 Å². The highest BCUT2D eigenvalue weighted by molar-refractivity contribution is 5.89. The van der Waals surface area contributed by atoms with E-state index in [1.165, 1.54) is 12.8 Å². The van der Waals surface area contributed by atoms with E-state index < -0.39 is 0 Å². The Morgan fingerprint density at radius 2 is 1.90 bits per heavy atom. The predicted molar refractivity (Wildman–Crippen MR) is 78.8 cm³/mol. The zero-order valence-corrected chi connectivity index (χ0v) is 15.0. The van der Waals surface area contributed by atoms with Crippen LogP contribution in [-0.2, 0) is 11.3 Å². The van der Waals surface area contributed by atoms with Gasteiger partial charge in [0.15, 0.2) is 0 Å². The molecule has 0 spiro atoms. The first-order valence-corrected chi connectivity index (χ1v) is 6.56. The quantitative estimate of drug-likeness (QED) is 0.393. The molecular weight excluding hydrogens is 379 g/mol. The molecule has 1 aromatic heterocycles. The summed E-state index contributed by atoms with van der Waals surface area (Å²) in [5, 5.41) is 0. The molecule has 2 rings (SSSR count). The van der Waals surface area contributed by atoms with Crippen LogP contribution in [0.4, 0.5) is 0 Å². The van der Waals surface area contributed by atoms with Crippen molar-refractivity contribution < 1.29 is 38.0 Å². The highest BCUT2D eigenvalue weighted by Gasteiger charge is 2.14. The molecule has 0 amide bonds. The number of rotatable bonds is 4. The molecule has 21 heavy (non-hydrogen) atoms. The lowest BCUT2D eigenvalue weighted by Crippen LogP contribution is -3.00. The number of carbonyl (C=O) groups is 1. The Kier molecular flexibility index (Phi) is 5.98. The Balaban J connectivity index is 0.00000220. The molecule has 114 valence electrons. The Labute approximate surface area is 142 Å². The van der Waals surface area contributed by atoms with Crippen molar-refractivity contribution in [1.29, 1.82) is 0 Å². The summed E-state index contributed by atoms with van der Waals surface area (Å²) in [6, 6.07) is 11.6. The van der Waals surface area contributed by atoms with E-state index in [1.54, 1.807) is 6.07 Å². The van der Waals surface area contributed by atoms with Crippen molar-refractivity contribution in [1.82, 2.24) is 4.57 Å². The van der Waals surface area contributed by atoms with Crippen molar-refractivity contribution in [3.05, 3.63) is 53.9 Å². The number of nitrogens with zero attached hydrogens (tertiary/aromatic N) is 2. The molecule has 4 nitrogen and oxygen atoms in total. The Morgan fingerprint density at radius 3 is 2.52 bits per heavy atom. The van der Waals surface area contributed by atoms with Crippen LogP contribution >= 0.6 is 0 Å². The van der Waals surface area contributed by atoms with Crippen LogP contribution in [-0.4, -0.2) is 43.3 Å². The molecule has 0 saturated heterocycles. The minimum absolute atomic E-state index is 0. The third-order valence-corrected chi connectivity index (χ3v) is 3.01. The average Bonchev–Trinajstić information content (AvgIpc) is 2.83. The summed E-state index contributed by atoms with van der Waals surface area (Å²) >= 11 is 0. The summed E-state index contributed by atoms with van der Waals surface area (Å²) in [4.78, 5) is 11.6. The second-order valence-corrected chi connectivity index (χ2v) is 5.86. The van der Waals surface area contributed by atoms with Gasteiger partial charge in [-0.1, -0.05) is 6.07 Å². The minimum atomic E-state index is -0.313. The Hall–Kier alpha value is -1.34. The molecule has 0 aliphatic rings. The predicted octanol–water partition coefficient (Wildman–Crippen LogP) is -0.526. The van der Waals surface area contributed by atoms with Gasteiger partial charge >= 0.3 is 5.97 Å². The molecule has 0 aliphatic carbocycles. The van der Waals surface area contributed by atoms with E-state index in [0.29, 0.717) is 5.56 Å². The lowest BCUT2D eigenvalue weighted by molar-refractivity contribution is -0.884. The number of carbonyl (C=O) groups excluding carboxylic acids is 1. The first-order chi connectivity index (χ1) is 9.40. The maximum Gasteiger partial charge on any atom is 0.337 e. The topological polar surface area (TPSA) is 31.2 Å². The number of benzene rings is 1. The van der Waals surface area contributed by atoms with Crippen LogP contribution in [0.1, 0.15) is 16.1 Å². The number of hydrogen-bond acceptors (Lipinski definition) is 2. The highest BCUT2D eigenvalue weighted by atomic mass is 127. The molecule has 0 atom stereocenters. The zero-order chi connectivity index (χ0) is 14.8. The van der Waals surface area contributed by atoms with Crippen molar-refractivity contribution in [2.24, 2.45) is 0 Å². The molecule has 0 saturated carbocycles. The van der Waals surface area contributed by atoms with E-state index in [9.17, 15) is 4.79 Å². The van der Waals surface area contributed by atoms with Gasteiger partial charge in [0, 0.05) is 11.9 Å². The van der Waals surface area contributed by atoms with Crippen LogP contribution in [0.25, 0.3) is 5.69 Å². The van der Waals surface area contributed by atoms with E-state index >= 15 is 0 Å². The van der Waals surface area contributed by atoms with Crippen molar-refractivity contribution in [3.8, 4) is 5.69 Å². The van der Waals surface area contributed by atoms with E-state index in [-0.39, 0.29) is 29.9 Å². The van der Waals surface area contributed by atoms with Gasteiger partial charge in [-0.15, -0.1) is 0 Å². The molecular formula is C16H21IN2O2. The van der Waals surface area contributed by atoms with Gasteiger partial charge in [-0.05, 0) is 30.3 Å². The molecule has 0 bridgehead atoms. The molecule has 0 aliphatic heterocycles. The number of methoxy groups -OCH3 is 1. The molecule has 1 heterocycles. The SMILES string of the molecule is COC(=O)c1cccc(-n2cccc2C[N+](C)(C)C)c1.[I-]. The van der Waals surface area contributed by atoms with Gasteiger partial charge in [0.1, 0.15) is 6.54 Å². The fourth-order valence-electron chi connectivity index (χ4n) is 2.18. The maximum atomic E-state index is 11.6. The van der Waals surface area contributed by atoms with Crippen molar-refractivity contribution in [2.45, 2.75) is 6.54 Å². The number of hydrogen-bond donors (Lipinski definition) is 0. The van der Waals surface area contributed by atoms with Crippen LogP contribution < -0.4 is 24.0 Å². The molecule has 0 fully saturated rings. The monoisotopic (exact) mass is 400 g/mol. The Bertz CT molecular complexity index is 615. The summed E-state index contributed by atoms with van der Waals surface area (Å²) in [7, 11) is 7.86. The fraction of sp³-hybridized carbons (Fsp3) is 0.312. The van der Waals surface area contributed by atoms with Gasteiger partial charge in [0.2, 0.25) is 0 Å². The second-order valence-electron chi connectivity index (χ2n) is 5.86. The van der Waals surface area contributed by atoms with Crippen molar-refractivity contribution >= 4 is 5.97 Å². The van der Waals surface area contributed by atoms with Crippen molar-refractivity contribution in [2.75, 3.05) is 28.3 Å². The number of ether oxygens (including phenoxy) is 1. The van der Waals surface area contributed by atoms with Gasteiger partial charge in [0.25, 0.3) is 0 Å².